The molecule has 0 aromatic heterocycles. The third kappa shape index (κ3) is 4.69. The average Bonchev–Trinajstić information content (AvgIpc) is 2.77. The van der Waals surface area contributed by atoms with Gasteiger partial charge in [0.1, 0.15) is 17.3 Å². The fourth-order valence-electron chi connectivity index (χ4n) is 4.64. The van der Waals surface area contributed by atoms with Crippen LogP contribution in [0.15, 0.2) is 71.7 Å². The molecule has 166 valence electrons. The number of hydrogen-bond donors (Lipinski definition) is 0. The molecule has 3 aromatic rings. The summed E-state index contributed by atoms with van der Waals surface area (Å²) in [6.45, 7) is 9.83. The van der Waals surface area contributed by atoms with Gasteiger partial charge in [0.25, 0.3) is 0 Å². The predicted molar refractivity (Wildman–Crippen MR) is 131 cm³/mol. The molecular weight excluding hydrogens is 399 g/mol. The second-order valence-electron chi connectivity index (χ2n) is 9.17. The molecule has 1 atom stereocenters. The highest BCUT2D eigenvalue weighted by Crippen LogP contribution is 2.44. The minimum Gasteiger partial charge on any atom is -0.457 e. The Morgan fingerprint density at radius 3 is 2.44 bits per heavy atom. The highest BCUT2D eigenvalue weighted by molar-refractivity contribution is 5.84. The van der Waals surface area contributed by atoms with Gasteiger partial charge in [0.05, 0.1) is 5.69 Å². The fraction of sp³-hybridized carbons (Fsp3) is 0.321. The first kappa shape index (κ1) is 22.1. The van der Waals surface area contributed by atoms with E-state index in [1.807, 2.05) is 60.7 Å². The van der Waals surface area contributed by atoms with Crippen molar-refractivity contribution >= 4 is 17.6 Å². The lowest BCUT2D eigenvalue weighted by Gasteiger charge is -2.47. The first-order valence-electron chi connectivity index (χ1n) is 11.4. The van der Waals surface area contributed by atoms with Gasteiger partial charge < -0.3 is 9.64 Å². The fourth-order valence-corrected chi connectivity index (χ4v) is 4.64. The van der Waals surface area contributed by atoms with Crippen molar-refractivity contribution in [1.82, 2.24) is 0 Å². The number of halogens is 1. The summed E-state index contributed by atoms with van der Waals surface area (Å²) in [5.74, 6) is 1.66. The number of para-hydroxylation sites is 1. The molecular formula is C28H31FN2O. The highest BCUT2D eigenvalue weighted by Gasteiger charge is 2.36. The number of rotatable bonds is 6. The molecule has 0 amide bonds. The summed E-state index contributed by atoms with van der Waals surface area (Å²) in [7, 11) is 0. The largest absolute Gasteiger partial charge is 0.457 e. The highest BCUT2D eigenvalue weighted by atomic mass is 19.1. The Morgan fingerprint density at radius 2 is 1.75 bits per heavy atom. The molecule has 1 aliphatic rings. The van der Waals surface area contributed by atoms with Crippen molar-refractivity contribution in [3.63, 3.8) is 0 Å². The smallest absolute Gasteiger partial charge is 0.134 e. The normalized spacial score (nSPS) is 17.4. The van der Waals surface area contributed by atoms with E-state index in [-0.39, 0.29) is 11.4 Å². The maximum Gasteiger partial charge on any atom is 0.134 e. The van der Waals surface area contributed by atoms with Crippen LogP contribution in [0.3, 0.4) is 0 Å². The molecule has 1 aliphatic heterocycles. The Kier molecular flexibility index (Phi) is 6.31. The minimum atomic E-state index is -0.234. The number of nitrogens with zero attached hydrogens (tertiary/aromatic N) is 2. The van der Waals surface area contributed by atoms with Gasteiger partial charge in [0, 0.05) is 29.5 Å². The summed E-state index contributed by atoms with van der Waals surface area (Å²) >= 11 is 0. The number of aliphatic imine (C=N–C) groups is 1. The van der Waals surface area contributed by atoms with E-state index in [2.05, 4.69) is 37.6 Å². The number of anilines is 1. The van der Waals surface area contributed by atoms with Crippen LogP contribution in [-0.4, -0.2) is 18.3 Å². The number of hydrogen-bond acceptors (Lipinski definition) is 3. The van der Waals surface area contributed by atoms with Crippen LogP contribution < -0.4 is 9.64 Å². The van der Waals surface area contributed by atoms with Crippen molar-refractivity contribution in [3.05, 3.63) is 83.7 Å². The van der Waals surface area contributed by atoms with Gasteiger partial charge in [-0.25, -0.2) is 4.39 Å². The van der Waals surface area contributed by atoms with E-state index in [1.165, 1.54) is 5.56 Å². The van der Waals surface area contributed by atoms with E-state index in [1.54, 1.807) is 12.3 Å². The molecule has 0 radical (unpaired) electrons. The topological polar surface area (TPSA) is 24.8 Å². The standard InChI is InChI=1S/C28H31FN2O/c1-5-15-31-27-17-26(29)21(16-25(27)20(2)18-28(31,3)4)19-30-22-11-13-24(14-12-22)32-23-9-7-6-8-10-23/h6-14,16-17,19-20H,5,15,18H2,1-4H3. The molecule has 0 fully saturated rings. The Balaban J connectivity index is 1.55. The summed E-state index contributed by atoms with van der Waals surface area (Å²) in [5, 5.41) is 0. The monoisotopic (exact) mass is 430 g/mol. The van der Waals surface area contributed by atoms with Crippen LogP contribution in [0.4, 0.5) is 15.8 Å². The van der Waals surface area contributed by atoms with Crippen molar-refractivity contribution in [1.29, 1.82) is 0 Å². The van der Waals surface area contributed by atoms with Crippen molar-refractivity contribution in [2.75, 3.05) is 11.4 Å². The van der Waals surface area contributed by atoms with Gasteiger partial charge in [0.2, 0.25) is 0 Å². The number of fused-ring (bicyclic) bond motifs is 1. The van der Waals surface area contributed by atoms with Crippen molar-refractivity contribution in [3.8, 4) is 11.5 Å². The van der Waals surface area contributed by atoms with Crippen LogP contribution in [0.5, 0.6) is 11.5 Å². The number of ether oxygens (including phenoxy) is 1. The second kappa shape index (κ2) is 9.15. The van der Waals surface area contributed by atoms with E-state index in [0.717, 1.165) is 42.3 Å². The molecule has 1 unspecified atom stereocenters. The van der Waals surface area contributed by atoms with Gasteiger partial charge in [-0.3, -0.25) is 4.99 Å². The van der Waals surface area contributed by atoms with Crippen molar-refractivity contribution in [2.45, 2.75) is 52.0 Å². The summed E-state index contributed by atoms with van der Waals surface area (Å²) in [6, 6.07) is 20.8. The maximum absolute atomic E-state index is 15.0. The summed E-state index contributed by atoms with van der Waals surface area (Å²) < 4.78 is 20.9. The van der Waals surface area contributed by atoms with E-state index in [9.17, 15) is 0 Å². The molecule has 0 saturated carbocycles. The van der Waals surface area contributed by atoms with Crippen molar-refractivity contribution < 1.29 is 9.13 Å². The summed E-state index contributed by atoms with van der Waals surface area (Å²) in [6.07, 6.45) is 3.70. The lowest BCUT2D eigenvalue weighted by molar-refractivity contribution is 0.375. The van der Waals surface area contributed by atoms with E-state index < -0.39 is 0 Å². The molecule has 0 N–H and O–H groups in total. The quantitative estimate of drug-likeness (QED) is 0.372. The van der Waals surface area contributed by atoms with E-state index >= 15 is 4.39 Å². The molecule has 4 heteroatoms. The molecule has 3 nitrogen and oxygen atoms in total. The molecule has 1 heterocycles. The van der Waals surface area contributed by atoms with Gasteiger partial charge >= 0.3 is 0 Å². The average molecular weight is 431 g/mol. The molecule has 0 saturated heterocycles. The third-order valence-electron chi connectivity index (χ3n) is 6.12. The van der Waals surface area contributed by atoms with E-state index in [0.29, 0.717) is 11.5 Å². The minimum absolute atomic E-state index is 0.0219. The molecule has 0 aliphatic carbocycles. The second-order valence-corrected chi connectivity index (χ2v) is 9.17. The zero-order valence-corrected chi connectivity index (χ0v) is 19.3. The molecule has 0 bridgehead atoms. The Morgan fingerprint density at radius 1 is 1.06 bits per heavy atom. The SMILES string of the molecule is CCCN1c2cc(F)c(C=Nc3ccc(Oc4ccccc4)cc3)cc2C(C)CC1(C)C. The van der Waals surface area contributed by atoms with Gasteiger partial charge in [0.15, 0.2) is 0 Å². The van der Waals surface area contributed by atoms with Crippen LogP contribution in [0.25, 0.3) is 0 Å². The van der Waals surface area contributed by atoms with Gasteiger partial charge in [-0.15, -0.1) is 0 Å². The zero-order chi connectivity index (χ0) is 22.7. The van der Waals surface area contributed by atoms with Crippen LogP contribution in [0.1, 0.15) is 57.6 Å². The Hall–Kier alpha value is -3.14. The van der Waals surface area contributed by atoms with Gasteiger partial charge in [-0.1, -0.05) is 32.0 Å². The lowest BCUT2D eigenvalue weighted by atomic mass is 9.79. The predicted octanol–water partition coefficient (Wildman–Crippen LogP) is 7.87. The molecule has 0 spiro atoms. The lowest BCUT2D eigenvalue weighted by Crippen LogP contribution is -2.48. The van der Waals surface area contributed by atoms with Crippen LogP contribution in [0.2, 0.25) is 0 Å². The van der Waals surface area contributed by atoms with Crippen LogP contribution in [-0.2, 0) is 0 Å². The van der Waals surface area contributed by atoms with Crippen LogP contribution >= 0.6 is 0 Å². The van der Waals surface area contributed by atoms with Gasteiger partial charge in [-0.05, 0) is 86.7 Å². The Labute approximate surface area is 190 Å². The number of benzene rings is 3. The first-order chi connectivity index (χ1) is 15.4. The van der Waals surface area contributed by atoms with Gasteiger partial charge in [-0.2, -0.15) is 0 Å². The first-order valence-corrected chi connectivity index (χ1v) is 11.4. The van der Waals surface area contributed by atoms with Crippen LogP contribution in [0, 0.1) is 5.82 Å². The third-order valence-corrected chi connectivity index (χ3v) is 6.12. The summed E-state index contributed by atoms with van der Waals surface area (Å²) in [5.41, 5.74) is 3.52. The summed E-state index contributed by atoms with van der Waals surface area (Å²) in [4.78, 5) is 6.87. The van der Waals surface area contributed by atoms with Crippen molar-refractivity contribution in [2.24, 2.45) is 4.99 Å². The molecule has 4 rings (SSSR count). The molecule has 32 heavy (non-hydrogen) atoms. The van der Waals surface area contributed by atoms with E-state index in [4.69, 9.17) is 4.74 Å². The maximum atomic E-state index is 15.0. The zero-order valence-electron chi connectivity index (χ0n) is 19.3. The Bertz CT molecular complexity index is 1090. The molecule has 3 aromatic carbocycles.